The molecule has 0 fully saturated rings. The van der Waals surface area contributed by atoms with E-state index in [1.807, 2.05) is 55.5 Å². The summed E-state index contributed by atoms with van der Waals surface area (Å²) in [6.45, 7) is 1.97. The summed E-state index contributed by atoms with van der Waals surface area (Å²) in [6, 6.07) is 37.4. The molecule has 0 nitrogen and oxygen atoms in total. The summed E-state index contributed by atoms with van der Waals surface area (Å²) in [5.41, 5.74) is 6.68. The van der Waals surface area contributed by atoms with Crippen LogP contribution in [-0.4, -0.2) is 0 Å². The van der Waals surface area contributed by atoms with Crippen LogP contribution in [-0.2, 0) is 0 Å². The fourth-order valence-corrected chi connectivity index (χ4v) is 3.27. The van der Waals surface area contributed by atoms with E-state index < -0.39 is 5.89 Å². The molecular formula is C26H22. The lowest BCUT2D eigenvalue weighted by molar-refractivity contribution is 0.923. The topological polar surface area (TPSA) is 0 Å². The van der Waals surface area contributed by atoms with E-state index in [0.717, 1.165) is 16.7 Å². The largest absolute Gasteiger partial charge is 0.0622 e. The normalized spacial score (nSPS) is 13.7. The average molecular weight is 335 g/mol. The molecule has 0 amide bonds. The molecule has 4 aromatic carbocycles. The second kappa shape index (κ2) is 7.41. The lowest BCUT2D eigenvalue weighted by Gasteiger charge is -2.15. The van der Waals surface area contributed by atoms with E-state index >= 15 is 0 Å². The molecule has 1 unspecified atom stereocenters. The molecule has 0 aliphatic carbocycles. The zero-order valence-electron chi connectivity index (χ0n) is 15.9. The maximum Gasteiger partial charge on any atom is 0.0399 e. The smallest absolute Gasteiger partial charge is 0.0399 e. The van der Waals surface area contributed by atoms with E-state index in [9.17, 15) is 0 Å². The predicted molar refractivity (Wildman–Crippen MR) is 111 cm³/mol. The second-order valence-electron chi connectivity index (χ2n) is 6.52. The Labute approximate surface area is 157 Å². The van der Waals surface area contributed by atoms with E-state index in [1.54, 1.807) is 0 Å². The molecule has 4 rings (SSSR count). The van der Waals surface area contributed by atoms with E-state index in [-0.39, 0.29) is 0 Å². The quantitative estimate of drug-likeness (QED) is 0.371. The van der Waals surface area contributed by atoms with Crippen LogP contribution in [0.25, 0.3) is 22.3 Å². The van der Waals surface area contributed by atoms with Gasteiger partial charge in [-0.05, 0) is 33.4 Å². The van der Waals surface area contributed by atoms with Crippen LogP contribution in [0.3, 0.4) is 0 Å². The van der Waals surface area contributed by atoms with E-state index in [2.05, 4.69) is 60.7 Å². The van der Waals surface area contributed by atoms with Crippen molar-refractivity contribution in [2.45, 2.75) is 12.8 Å². The van der Waals surface area contributed by atoms with E-state index in [0.29, 0.717) is 0 Å². The summed E-state index contributed by atoms with van der Waals surface area (Å²) in [6.07, 6.45) is 0. The van der Waals surface area contributed by atoms with Crippen molar-refractivity contribution in [1.29, 1.82) is 0 Å². The van der Waals surface area contributed by atoms with Gasteiger partial charge in [0.05, 0.1) is 0 Å². The molecule has 0 aliphatic rings. The summed E-state index contributed by atoms with van der Waals surface area (Å²) in [5, 5.41) is 0. The number of rotatable bonds is 4. The zero-order chi connectivity index (χ0) is 18.7. The molecule has 0 aromatic heterocycles. The van der Waals surface area contributed by atoms with Gasteiger partial charge in [-0.15, -0.1) is 0 Å². The van der Waals surface area contributed by atoms with Crippen molar-refractivity contribution < 1.29 is 1.37 Å². The summed E-state index contributed by atoms with van der Waals surface area (Å²) in [7, 11) is 0. The number of hydrogen-bond donors (Lipinski definition) is 0. The highest BCUT2D eigenvalue weighted by molar-refractivity contribution is 5.65. The maximum atomic E-state index is 9.04. The van der Waals surface area contributed by atoms with E-state index in [1.165, 1.54) is 16.7 Å². The third-order valence-corrected chi connectivity index (χ3v) is 4.83. The van der Waals surface area contributed by atoms with Crippen LogP contribution in [0, 0.1) is 0 Å². The van der Waals surface area contributed by atoms with Crippen molar-refractivity contribution in [3.05, 3.63) is 120 Å². The second-order valence-corrected chi connectivity index (χ2v) is 6.52. The van der Waals surface area contributed by atoms with Gasteiger partial charge in [0.2, 0.25) is 0 Å². The molecule has 0 spiro atoms. The molecule has 0 heterocycles. The Balaban J connectivity index is 1.67. The van der Waals surface area contributed by atoms with Crippen molar-refractivity contribution >= 4 is 0 Å². The highest BCUT2D eigenvalue weighted by Crippen LogP contribution is 2.29. The first-order valence-corrected chi connectivity index (χ1v) is 8.96. The lowest BCUT2D eigenvalue weighted by Crippen LogP contribution is -1.96. The minimum atomic E-state index is -0.806. The Morgan fingerprint density at radius 1 is 0.500 bits per heavy atom. The van der Waals surface area contributed by atoms with Crippen LogP contribution in [0.2, 0.25) is 0 Å². The van der Waals surface area contributed by atoms with E-state index in [4.69, 9.17) is 1.37 Å². The molecule has 126 valence electrons. The van der Waals surface area contributed by atoms with Gasteiger partial charge in [-0.2, -0.15) is 0 Å². The summed E-state index contributed by atoms with van der Waals surface area (Å²) < 4.78 is 9.04. The summed E-state index contributed by atoms with van der Waals surface area (Å²) in [5.74, 6) is -0.806. The third kappa shape index (κ3) is 3.45. The van der Waals surface area contributed by atoms with Crippen molar-refractivity contribution in [3.8, 4) is 22.3 Å². The minimum Gasteiger partial charge on any atom is -0.0622 e. The van der Waals surface area contributed by atoms with Crippen LogP contribution in [0.1, 0.15) is 25.3 Å². The first-order chi connectivity index (χ1) is 13.1. The summed E-state index contributed by atoms with van der Waals surface area (Å²) >= 11 is 0. The van der Waals surface area contributed by atoms with Gasteiger partial charge in [-0.3, -0.25) is 0 Å². The number of hydrogen-bond acceptors (Lipinski definition) is 0. The third-order valence-electron chi connectivity index (χ3n) is 4.83. The van der Waals surface area contributed by atoms with Crippen LogP contribution in [0.4, 0.5) is 0 Å². The van der Waals surface area contributed by atoms with Crippen LogP contribution >= 0.6 is 0 Å². The molecule has 0 saturated heterocycles. The van der Waals surface area contributed by atoms with Gasteiger partial charge in [0.25, 0.3) is 0 Å². The van der Waals surface area contributed by atoms with Gasteiger partial charge >= 0.3 is 0 Å². The predicted octanol–water partition coefficient (Wildman–Crippen LogP) is 7.17. The van der Waals surface area contributed by atoms with Gasteiger partial charge in [0.1, 0.15) is 0 Å². The standard InChI is InChI=1S/C26H22/c1-20(21-15-17-24(18-16-21)22-9-4-2-5-10-22)25-13-8-14-26(19-25)23-11-6-3-7-12-23/h2-20H,1H3/i20D. The minimum absolute atomic E-state index is 0.806. The Morgan fingerprint density at radius 2 is 1.00 bits per heavy atom. The van der Waals surface area contributed by atoms with Crippen LogP contribution in [0.15, 0.2) is 109 Å². The molecule has 4 aromatic rings. The molecule has 1 atom stereocenters. The van der Waals surface area contributed by atoms with Crippen molar-refractivity contribution in [2.75, 3.05) is 0 Å². The van der Waals surface area contributed by atoms with Crippen LogP contribution < -0.4 is 0 Å². The van der Waals surface area contributed by atoms with Crippen molar-refractivity contribution in [1.82, 2.24) is 0 Å². The first-order valence-electron chi connectivity index (χ1n) is 9.46. The Morgan fingerprint density at radius 3 is 1.62 bits per heavy atom. The molecule has 0 saturated carbocycles. The number of benzene rings is 4. The van der Waals surface area contributed by atoms with Crippen LogP contribution in [0.5, 0.6) is 0 Å². The van der Waals surface area contributed by atoms with Gasteiger partial charge in [0, 0.05) is 7.26 Å². The summed E-state index contributed by atoms with van der Waals surface area (Å²) in [4.78, 5) is 0. The Kier molecular flexibility index (Phi) is 4.32. The molecule has 0 heteroatoms. The Bertz CT molecular complexity index is 1020. The highest BCUT2D eigenvalue weighted by atomic mass is 14.1. The fourth-order valence-electron chi connectivity index (χ4n) is 3.27. The molecule has 0 N–H and O–H groups in total. The van der Waals surface area contributed by atoms with Crippen molar-refractivity contribution in [3.63, 3.8) is 0 Å². The maximum absolute atomic E-state index is 9.04. The molecular weight excluding hydrogens is 312 g/mol. The van der Waals surface area contributed by atoms with Gasteiger partial charge in [0.15, 0.2) is 0 Å². The first kappa shape index (κ1) is 15.2. The van der Waals surface area contributed by atoms with Gasteiger partial charge in [-0.25, -0.2) is 0 Å². The molecule has 0 radical (unpaired) electrons. The monoisotopic (exact) mass is 335 g/mol. The molecule has 0 bridgehead atoms. The SMILES string of the molecule is [2H]C(C)(c1ccc(-c2ccccc2)cc1)c1cccc(-c2ccccc2)c1. The zero-order valence-corrected chi connectivity index (χ0v) is 14.9. The fraction of sp³-hybridized carbons (Fsp3) is 0.0769. The molecule has 0 aliphatic heterocycles. The van der Waals surface area contributed by atoms with Gasteiger partial charge in [-0.1, -0.05) is 116 Å². The van der Waals surface area contributed by atoms with Crippen molar-refractivity contribution in [2.24, 2.45) is 0 Å². The highest BCUT2D eigenvalue weighted by Gasteiger charge is 2.10. The average Bonchev–Trinajstić information content (AvgIpc) is 2.75. The van der Waals surface area contributed by atoms with Gasteiger partial charge < -0.3 is 0 Å². The Hall–Kier alpha value is -3.12. The molecule has 26 heavy (non-hydrogen) atoms. The lowest BCUT2D eigenvalue weighted by atomic mass is 9.90.